The van der Waals surface area contributed by atoms with Crippen molar-refractivity contribution in [1.82, 2.24) is 4.98 Å². The van der Waals surface area contributed by atoms with E-state index in [1.54, 1.807) is 18.2 Å². The Labute approximate surface area is 119 Å². The number of nitriles is 1. The van der Waals surface area contributed by atoms with E-state index in [2.05, 4.69) is 16.4 Å². The minimum absolute atomic E-state index is 0.381. The van der Waals surface area contributed by atoms with Gasteiger partial charge in [0.15, 0.2) is 0 Å². The van der Waals surface area contributed by atoms with E-state index < -0.39 is 0 Å². The van der Waals surface area contributed by atoms with Crippen molar-refractivity contribution in [2.75, 3.05) is 5.32 Å². The van der Waals surface area contributed by atoms with Gasteiger partial charge in [0, 0.05) is 4.90 Å². The number of halogens is 1. The van der Waals surface area contributed by atoms with Crippen LogP contribution in [0.3, 0.4) is 0 Å². The van der Waals surface area contributed by atoms with Gasteiger partial charge >= 0.3 is 0 Å². The van der Waals surface area contributed by atoms with Crippen molar-refractivity contribution in [2.24, 2.45) is 0 Å². The highest BCUT2D eigenvalue weighted by molar-refractivity contribution is 8.04. The monoisotopic (exact) mass is 285 g/mol. The number of allylic oxidation sites excluding steroid dienone is 1. The number of rotatable bonds is 1. The highest BCUT2D eigenvalue weighted by Crippen LogP contribution is 2.43. The molecule has 1 aliphatic rings. The van der Waals surface area contributed by atoms with Crippen LogP contribution in [0.15, 0.2) is 52.4 Å². The molecule has 0 bridgehead atoms. The summed E-state index contributed by atoms with van der Waals surface area (Å²) in [5.74, 6) is 0. The van der Waals surface area contributed by atoms with Crippen molar-refractivity contribution in [3.63, 3.8) is 0 Å². The van der Waals surface area contributed by atoms with E-state index in [9.17, 15) is 5.26 Å². The molecule has 19 heavy (non-hydrogen) atoms. The average Bonchev–Trinajstić information content (AvgIpc) is 2.83. The summed E-state index contributed by atoms with van der Waals surface area (Å²) in [6.45, 7) is 0. The minimum Gasteiger partial charge on any atom is -0.348 e. The number of benzene rings is 1. The lowest BCUT2D eigenvalue weighted by atomic mass is 10.2. The molecule has 1 aliphatic heterocycles. The predicted octanol–water partition coefficient (Wildman–Crippen LogP) is 4.14. The van der Waals surface area contributed by atoms with E-state index in [1.165, 1.54) is 11.8 Å². The standard InChI is InChI=1S/C14H8ClN3S/c15-13-7-3-5-10(17-13)9(8-16)14-18-11-4-1-2-6-12(11)19-14/h1-7,18H/b14-9+. The molecule has 2 aromatic rings. The van der Waals surface area contributed by atoms with Crippen LogP contribution in [0.4, 0.5) is 5.69 Å². The minimum atomic E-state index is 0.381. The van der Waals surface area contributed by atoms with Gasteiger partial charge in [-0.25, -0.2) is 4.98 Å². The molecule has 0 saturated carbocycles. The Hall–Kier alpha value is -1.96. The summed E-state index contributed by atoms with van der Waals surface area (Å²) in [5.41, 5.74) is 2.10. The molecule has 2 heterocycles. The fourth-order valence-electron chi connectivity index (χ4n) is 1.80. The lowest BCUT2D eigenvalue weighted by Crippen LogP contribution is -1.96. The first-order valence-electron chi connectivity index (χ1n) is 5.59. The van der Waals surface area contributed by atoms with Gasteiger partial charge in [-0.3, -0.25) is 0 Å². The van der Waals surface area contributed by atoms with E-state index in [0.717, 1.165) is 15.6 Å². The van der Waals surface area contributed by atoms with E-state index in [-0.39, 0.29) is 0 Å². The Morgan fingerprint density at radius 2 is 2.05 bits per heavy atom. The molecule has 1 aromatic heterocycles. The Bertz CT molecular complexity index is 692. The number of thioether (sulfide) groups is 1. The smallest absolute Gasteiger partial charge is 0.129 e. The number of hydrogen-bond acceptors (Lipinski definition) is 4. The zero-order valence-corrected chi connectivity index (χ0v) is 11.3. The van der Waals surface area contributed by atoms with Crippen LogP contribution in [0.5, 0.6) is 0 Å². The van der Waals surface area contributed by atoms with Gasteiger partial charge in [0.05, 0.1) is 16.4 Å². The van der Waals surface area contributed by atoms with Gasteiger partial charge < -0.3 is 5.32 Å². The highest BCUT2D eigenvalue weighted by atomic mass is 35.5. The molecule has 3 rings (SSSR count). The normalized spacial score (nSPS) is 15.4. The first-order chi connectivity index (χ1) is 9.28. The van der Waals surface area contributed by atoms with Crippen molar-refractivity contribution in [1.29, 1.82) is 5.26 Å². The van der Waals surface area contributed by atoms with Crippen LogP contribution in [-0.2, 0) is 0 Å². The lowest BCUT2D eigenvalue weighted by molar-refractivity contribution is 1.27. The summed E-state index contributed by atoms with van der Waals surface area (Å²) in [6, 6.07) is 15.4. The van der Waals surface area contributed by atoms with E-state index in [1.807, 2.05) is 24.3 Å². The third-order valence-electron chi connectivity index (χ3n) is 2.66. The second kappa shape index (κ2) is 4.96. The maximum Gasteiger partial charge on any atom is 0.129 e. The molecular weight excluding hydrogens is 278 g/mol. The van der Waals surface area contributed by atoms with Gasteiger partial charge in [-0.1, -0.05) is 41.6 Å². The average molecular weight is 286 g/mol. The molecule has 0 fully saturated rings. The van der Waals surface area contributed by atoms with Crippen molar-refractivity contribution in [2.45, 2.75) is 4.90 Å². The first-order valence-corrected chi connectivity index (χ1v) is 6.78. The maximum absolute atomic E-state index is 9.37. The van der Waals surface area contributed by atoms with E-state index in [4.69, 9.17) is 11.6 Å². The summed E-state index contributed by atoms with van der Waals surface area (Å²) in [4.78, 5) is 5.29. The van der Waals surface area contributed by atoms with Gasteiger partial charge in [0.25, 0.3) is 0 Å². The molecule has 3 nitrogen and oxygen atoms in total. The number of nitrogens with zero attached hydrogens (tertiary/aromatic N) is 2. The van der Waals surface area contributed by atoms with E-state index in [0.29, 0.717) is 16.4 Å². The predicted molar refractivity (Wildman–Crippen MR) is 77.7 cm³/mol. The van der Waals surface area contributed by atoms with Crippen molar-refractivity contribution in [3.8, 4) is 6.07 Å². The Morgan fingerprint density at radius 3 is 2.79 bits per heavy atom. The second-order valence-electron chi connectivity index (χ2n) is 3.88. The summed E-state index contributed by atoms with van der Waals surface area (Å²) < 4.78 is 0. The zero-order chi connectivity index (χ0) is 13.2. The van der Waals surface area contributed by atoms with Crippen LogP contribution in [0, 0.1) is 11.3 Å². The largest absolute Gasteiger partial charge is 0.348 e. The zero-order valence-electron chi connectivity index (χ0n) is 9.72. The molecule has 0 radical (unpaired) electrons. The van der Waals surface area contributed by atoms with Crippen LogP contribution in [0.1, 0.15) is 5.69 Å². The van der Waals surface area contributed by atoms with Crippen LogP contribution >= 0.6 is 23.4 Å². The van der Waals surface area contributed by atoms with Gasteiger partial charge in [-0.05, 0) is 24.3 Å². The van der Waals surface area contributed by atoms with Crippen LogP contribution < -0.4 is 5.32 Å². The molecule has 0 spiro atoms. The number of fused-ring (bicyclic) bond motifs is 1. The molecule has 0 atom stereocenters. The third kappa shape index (κ3) is 2.30. The molecule has 5 heteroatoms. The number of nitrogens with one attached hydrogen (secondary N) is 1. The molecule has 1 N–H and O–H groups in total. The summed E-state index contributed by atoms with van der Waals surface area (Å²) in [5, 5.41) is 13.8. The number of anilines is 1. The molecule has 0 unspecified atom stereocenters. The van der Waals surface area contributed by atoms with Crippen molar-refractivity contribution >= 4 is 34.6 Å². The van der Waals surface area contributed by atoms with Crippen molar-refractivity contribution in [3.05, 3.63) is 58.3 Å². The molecule has 1 aromatic carbocycles. The molecule has 92 valence electrons. The van der Waals surface area contributed by atoms with E-state index >= 15 is 0 Å². The summed E-state index contributed by atoms with van der Waals surface area (Å²) in [6.07, 6.45) is 0. The quantitative estimate of drug-likeness (QED) is 0.632. The number of hydrogen-bond donors (Lipinski definition) is 1. The number of pyridine rings is 1. The van der Waals surface area contributed by atoms with Crippen LogP contribution in [0.25, 0.3) is 5.57 Å². The third-order valence-corrected chi connectivity index (χ3v) is 3.95. The highest BCUT2D eigenvalue weighted by Gasteiger charge is 2.20. The number of aromatic nitrogens is 1. The fourth-order valence-corrected chi connectivity index (χ4v) is 2.97. The molecule has 0 amide bonds. The Balaban J connectivity index is 2.06. The second-order valence-corrected chi connectivity index (χ2v) is 5.32. The van der Waals surface area contributed by atoms with Gasteiger partial charge in [0.2, 0.25) is 0 Å². The summed E-state index contributed by atoms with van der Waals surface area (Å²) >= 11 is 7.40. The topological polar surface area (TPSA) is 48.7 Å². The van der Waals surface area contributed by atoms with Gasteiger partial charge in [-0.15, -0.1) is 0 Å². The van der Waals surface area contributed by atoms with Crippen LogP contribution in [0.2, 0.25) is 5.15 Å². The maximum atomic E-state index is 9.37. The molecular formula is C14H8ClN3S. The molecule has 0 saturated heterocycles. The van der Waals surface area contributed by atoms with Gasteiger partial charge in [-0.2, -0.15) is 5.26 Å². The van der Waals surface area contributed by atoms with Crippen LogP contribution in [-0.4, -0.2) is 4.98 Å². The fraction of sp³-hybridized carbons (Fsp3) is 0. The lowest BCUT2D eigenvalue weighted by Gasteiger charge is -2.03. The van der Waals surface area contributed by atoms with Gasteiger partial charge in [0.1, 0.15) is 16.8 Å². The Morgan fingerprint density at radius 1 is 1.21 bits per heavy atom. The molecule has 0 aliphatic carbocycles. The SMILES string of the molecule is N#C/C(=C1/Nc2ccccc2S1)c1cccc(Cl)n1. The Kier molecular flexibility index (Phi) is 3.16. The number of para-hydroxylation sites is 1. The summed E-state index contributed by atoms with van der Waals surface area (Å²) in [7, 11) is 0. The first kappa shape index (κ1) is 12.1. The van der Waals surface area contributed by atoms with Crippen molar-refractivity contribution < 1.29 is 0 Å².